The van der Waals surface area contributed by atoms with Gasteiger partial charge in [0.25, 0.3) is 0 Å². The van der Waals surface area contributed by atoms with E-state index in [1.165, 1.54) is 11.6 Å². The van der Waals surface area contributed by atoms with Gasteiger partial charge in [0.2, 0.25) is 0 Å². The summed E-state index contributed by atoms with van der Waals surface area (Å²) in [4.78, 5) is 0.803. The lowest BCUT2D eigenvalue weighted by Gasteiger charge is -2.03. The van der Waals surface area contributed by atoms with Crippen LogP contribution in [0.4, 0.5) is 4.39 Å². The molecule has 0 aliphatic heterocycles. The van der Waals surface area contributed by atoms with E-state index in [1.54, 1.807) is 18.2 Å². The normalized spacial score (nSPS) is 9.55. The first kappa shape index (κ1) is 18.2. The van der Waals surface area contributed by atoms with Crippen molar-refractivity contribution in [3.05, 3.63) is 71.0 Å². The molecule has 0 aliphatic carbocycles. The largest absolute Gasteiger partial charge is 0.393 e. The topological polar surface area (TPSA) is 52.0 Å². The van der Waals surface area contributed by atoms with Crippen molar-refractivity contribution in [3.63, 3.8) is 0 Å². The van der Waals surface area contributed by atoms with E-state index in [9.17, 15) is 4.39 Å². The van der Waals surface area contributed by atoms with Crippen LogP contribution in [0.1, 0.15) is 23.6 Å². The molecule has 2 aromatic carbocycles. The maximum Gasteiger partial charge on any atom is 0.126 e. The lowest BCUT2D eigenvalue weighted by atomic mass is 10.1. The predicted octanol–water partition coefficient (Wildman–Crippen LogP) is 3.54. The van der Waals surface area contributed by atoms with Gasteiger partial charge >= 0.3 is 0 Å². The molecule has 0 bridgehead atoms. The number of halogens is 1. The van der Waals surface area contributed by atoms with Crippen molar-refractivity contribution >= 4 is 34.4 Å². The first-order valence-electron chi connectivity index (χ1n) is 6.85. The molecule has 4 N–H and O–H groups in total. The first-order valence-corrected chi connectivity index (χ1v) is 7.66. The van der Waals surface area contributed by atoms with Crippen molar-refractivity contribution < 1.29 is 4.39 Å². The number of hydrogen-bond donors (Lipinski definition) is 2. The molecule has 0 atom stereocenters. The Hall–Kier alpha value is -1.85. The molecule has 2 aromatic rings. The van der Waals surface area contributed by atoms with Crippen molar-refractivity contribution in [2.45, 2.75) is 19.8 Å². The van der Waals surface area contributed by atoms with Crippen molar-refractivity contribution in [1.82, 2.24) is 0 Å². The fourth-order valence-corrected chi connectivity index (χ4v) is 2.25. The van der Waals surface area contributed by atoms with E-state index in [2.05, 4.69) is 25.2 Å². The zero-order valence-electron chi connectivity index (χ0n) is 12.4. The molecule has 0 spiro atoms. The first-order chi connectivity index (χ1) is 10.5. The average Bonchev–Trinajstić information content (AvgIpc) is 2.49. The zero-order chi connectivity index (χ0) is 16.5. The molecule has 0 saturated carbocycles. The van der Waals surface area contributed by atoms with Gasteiger partial charge < -0.3 is 11.5 Å². The molecular weight excluding hydrogens is 315 g/mol. The molecule has 0 amide bonds. The van der Waals surface area contributed by atoms with Crippen LogP contribution in [0.3, 0.4) is 0 Å². The highest BCUT2D eigenvalue weighted by molar-refractivity contribution is 7.80. The molecule has 0 unspecified atom stereocenters. The van der Waals surface area contributed by atoms with Gasteiger partial charge in [0, 0.05) is 12.0 Å². The fourth-order valence-electron chi connectivity index (χ4n) is 1.90. The minimum absolute atomic E-state index is 0.250. The van der Waals surface area contributed by atoms with Crippen LogP contribution in [-0.2, 0) is 12.8 Å². The second-order valence-electron chi connectivity index (χ2n) is 4.61. The van der Waals surface area contributed by atoms with E-state index in [-0.39, 0.29) is 5.82 Å². The molecule has 5 heteroatoms. The second-order valence-corrected chi connectivity index (χ2v) is 5.57. The summed E-state index contributed by atoms with van der Waals surface area (Å²) in [7, 11) is 0. The van der Waals surface area contributed by atoms with Crippen LogP contribution in [-0.4, -0.2) is 9.98 Å². The summed E-state index contributed by atoms with van der Waals surface area (Å²) in [6.07, 6.45) is 1.32. The Kier molecular flexibility index (Phi) is 7.63. The van der Waals surface area contributed by atoms with Gasteiger partial charge in [-0.3, -0.25) is 0 Å². The van der Waals surface area contributed by atoms with Crippen LogP contribution in [0.2, 0.25) is 0 Å². The highest BCUT2D eigenvalue weighted by Gasteiger charge is 2.00. The molecule has 0 aliphatic rings. The highest BCUT2D eigenvalue weighted by Crippen LogP contribution is 2.08. The smallest absolute Gasteiger partial charge is 0.126 e. The third kappa shape index (κ3) is 5.87. The summed E-state index contributed by atoms with van der Waals surface area (Å²) >= 11 is 9.54. The van der Waals surface area contributed by atoms with Crippen LogP contribution in [0.5, 0.6) is 0 Å². The van der Waals surface area contributed by atoms with Crippen molar-refractivity contribution in [2.75, 3.05) is 0 Å². The number of thiocarbonyl (C=S) groups is 2. The van der Waals surface area contributed by atoms with Gasteiger partial charge in [-0.25, -0.2) is 4.39 Å². The SMILES string of the molecule is CCc1ccccc1C(N)=S.NC(=S)Cc1ccccc1F. The number of hydrogen-bond acceptors (Lipinski definition) is 2. The summed E-state index contributed by atoms with van der Waals surface area (Å²) in [5, 5.41) is 0. The lowest BCUT2D eigenvalue weighted by molar-refractivity contribution is 0.616. The van der Waals surface area contributed by atoms with Gasteiger partial charge in [-0.2, -0.15) is 0 Å². The van der Waals surface area contributed by atoms with Gasteiger partial charge in [0.05, 0.1) is 4.99 Å². The Bertz CT molecular complexity index is 657. The summed E-state index contributed by atoms with van der Waals surface area (Å²) < 4.78 is 12.8. The van der Waals surface area contributed by atoms with Crippen molar-refractivity contribution in [1.29, 1.82) is 0 Å². The molecule has 0 heterocycles. The Morgan fingerprint density at radius 3 is 1.95 bits per heavy atom. The Morgan fingerprint density at radius 2 is 1.50 bits per heavy atom. The molecule has 2 rings (SSSR count). The monoisotopic (exact) mass is 334 g/mol. The molecule has 2 nitrogen and oxygen atoms in total. The van der Waals surface area contributed by atoms with E-state index < -0.39 is 0 Å². The van der Waals surface area contributed by atoms with Gasteiger partial charge in [0.1, 0.15) is 10.8 Å². The molecule has 22 heavy (non-hydrogen) atoms. The number of rotatable bonds is 4. The number of benzene rings is 2. The summed E-state index contributed by atoms with van der Waals surface area (Å²) in [6.45, 7) is 2.09. The predicted molar refractivity (Wildman–Crippen MR) is 98.6 cm³/mol. The van der Waals surface area contributed by atoms with Gasteiger partial charge in [-0.1, -0.05) is 73.8 Å². The minimum atomic E-state index is -0.250. The van der Waals surface area contributed by atoms with E-state index >= 15 is 0 Å². The molecule has 0 fully saturated rings. The van der Waals surface area contributed by atoms with Crippen LogP contribution in [0, 0.1) is 5.82 Å². The Morgan fingerprint density at radius 1 is 0.955 bits per heavy atom. The van der Waals surface area contributed by atoms with E-state index in [4.69, 9.17) is 23.7 Å². The van der Waals surface area contributed by atoms with Crippen molar-refractivity contribution in [3.8, 4) is 0 Å². The van der Waals surface area contributed by atoms with Gasteiger partial charge in [-0.05, 0) is 23.6 Å². The Balaban J connectivity index is 0.000000220. The van der Waals surface area contributed by atoms with Gasteiger partial charge in [0.15, 0.2) is 0 Å². The minimum Gasteiger partial charge on any atom is -0.393 e. The van der Waals surface area contributed by atoms with Crippen molar-refractivity contribution in [2.24, 2.45) is 11.5 Å². The van der Waals surface area contributed by atoms with E-state index in [1.807, 2.05) is 18.2 Å². The summed E-state index contributed by atoms with van der Waals surface area (Å²) in [6, 6.07) is 14.4. The molecule has 0 saturated heterocycles. The maximum absolute atomic E-state index is 12.8. The van der Waals surface area contributed by atoms with Crippen LogP contribution >= 0.6 is 24.4 Å². The number of aryl methyl sites for hydroxylation is 1. The van der Waals surface area contributed by atoms with E-state index in [0.717, 1.165) is 12.0 Å². The highest BCUT2D eigenvalue weighted by atomic mass is 32.1. The molecule has 0 radical (unpaired) electrons. The third-order valence-electron chi connectivity index (χ3n) is 2.99. The van der Waals surface area contributed by atoms with Crippen LogP contribution in [0.15, 0.2) is 48.5 Å². The molecular formula is C17H19FN2S2. The second kappa shape index (κ2) is 9.23. The average molecular weight is 334 g/mol. The maximum atomic E-state index is 12.8. The Labute approximate surface area is 141 Å². The summed E-state index contributed by atoms with van der Waals surface area (Å²) in [5.41, 5.74) is 13.6. The van der Waals surface area contributed by atoms with Crippen LogP contribution in [0.25, 0.3) is 0 Å². The summed E-state index contributed by atoms with van der Waals surface area (Å²) in [5.74, 6) is -0.250. The van der Waals surface area contributed by atoms with Gasteiger partial charge in [-0.15, -0.1) is 0 Å². The fraction of sp³-hybridized carbons (Fsp3) is 0.176. The molecule has 0 aromatic heterocycles. The zero-order valence-corrected chi connectivity index (χ0v) is 14.0. The van der Waals surface area contributed by atoms with E-state index in [0.29, 0.717) is 22.0 Å². The standard InChI is InChI=1S/C9H11NS.C8H8FNS/c1-2-7-5-3-4-6-8(7)9(10)11;9-7-4-2-1-3-6(7)5-8(10)11/h3-6H,2H2,1H3,(H2,10,11);1-4H,5H2,(H2,10,11). The number of nitrogens with two attached hydrogens (primary N) is 2. The lowest BCUT2D eigenvalue weighted by Crippen LogP contribution is -2.11. The quantitative estimate of drug-likeness (QED) is 0.840. The molecule has 116 valence electrons. The van der Waals surface area contributed by atoms with Crippen LogP contribution < -0.4 is 11.5 Å². The third-order valence-corrected chi connectivity index (χ3v) is 3.35.